The van der Waals surface area contributed by atoms with Crippen LogP contribution in [0.5, 0.6) is 0 Å². The number of amides is 1. The quantitative estimate of drug-likeness (QED) is 0.784. The highest BCUT2D eigenvalue weighted by Gasteiger charge is 2.18. The lowest BCUT2D eigenvalue weighted by atomic mass is 9.99. The first-order valence-electron chi connectivity index (χ1n) is 6.48. The van der Waals surface area contributed by atoms with Crippen molar-refractivity contribution >= 4 is 17.3 Å². The van der Waals surface area contributed by atoms with E-state index < -0.39 is 0 Å². The molecule has 1 unspecified atom stereocenters. The highest BCUT2D eigenvalue weighted by molar-refractivity contribution is 5.96. The number of nitrogens with two attached hydrogens (primary N) is 1. The summed E-state index contributed by atoms with van der Waals surface area (Å²) >= 11 is 0. The minimum atomic E-state index is -0.0970. The van der Waals surface area contributed by atoms with Gasteiger partial charge >= 0.3 is 0 Å². The topological polar surface area (TPSA) is 58.4 Å². The largest absolute Gasteiger partial charge is 0.397 e. The summed E-state index contributed by atoms with van der Waals surface area (Å²) in [6.45, 7) is 4.36. The van der Waals surface area contributed by atoms with Crippen LogP contribution in [0.4, 0.5) is 11.4 Å². The van der Waals surface area contributed by atoms with Crippen molar-refractivity contribution < 1.29 is 4.79 Å². The Balaban J connectivity index is 2.21. The molecule has 0 aliphatic carbocycles. The molecule has 0 spiro atoms. The monoisotopic (exact) mass is 247 g/mol. The Morgan fingerprint density at radius 2 is 2.28 bits per heavy atom. The fourth-order valence-corrected chi connectivity index (χ4v) is 2.54. The molecule has 1 aromatic rings. The van der Waals surface area contributed by atoms with E-state index in [2.05, 4.69) is 17.1 Å². The third-order valence-electron chi connectivity index (χ3n) is 3.51. The van der Waals surface area contributed by atoms with E-state index >= 15 is 0 Å². The number of nitrogens with zero attached hydrogens (tertiary/aromatic N) is 1. The van der Waals surface area contributed by atoms with E-state index in [0.29, 0.717) is 17.2 Å². The molecule has 2 rings (SSSR count). The number of rotatable bonds is 2. The van der Waals surface area contributed by atoms with Crippen LogP contribution in [-0.4, -0.2) is 26.0 Å². The number of benzene rings is 1. The zero-order valence-corrected chi connectivity index (χ0v) is 11.1. The summed E-state index contributed by atoms with van der Waals surface area (Å²) in [5.74, 6) is 0.608. The predicted octanol–water partition coefficient (Wildman–Crippen LogP) is 1.86. The molecule has 1 aliphatic rings. The average molecular weight is 247 g/mol. The lowest BCUT2D eigenvalue weighted by Gasteiger charge is -2.33. The molecule has 0 saturated carbocycles. The maximum atomic E-state index is 11.5. The van der Waals surface area contributed by atoms with Gasteiger partial charge in [0.1, 0.15) is 0 Å². The van der Waals surface area contributed by atoms with E-state index in [0.717, 1.165) is 18.8 Å². The van der Waals surface area contributed by atoms with E-state index in [1.807, 2.05) is 12.1 Å². The molecule has 0 bridgehead atoms. The smallest absolute Gasteiger partial charge is 0.251 e. The van der Waals surface area contributed by atoms with Gasteiger partial charge in [0.15, 0.2) is 0 Å². The molecular formula is C14H21N3O. The van der Waals surface area contributed by atoms with Gasteiger partial charge in [-0.3, -0.25) is 4.79 Å². The molecule has 0 aromatic heterocycles. The molecule has 1 amide bonds. The Morgan fingerprint density at radius 3 is 2.89 bits per heavy atom. The van der Waals surface area contributed by atoms with Crippen LogP contribution in [0.2, 0.25) is 0 Å². The molecule has 4 heteroatoms. The summed E-state index contributed by atoms with van der Waals surface area (Å²) in [6.07, 6.45) is 2.49. The summed E-state index contributed by atoms with van der Waals surface area (Å²) in [4.78, 5) is 13.8. The Labute approximate surface area is 108 Å². The number of nitrogen functional groups attached to an aromatic ring is 1. The lowest BCUT2D eigenvalue weighted by Crippen LogP contribution is -2.34. The second-order valence-corrected chi connectivity index (χ2v) is 5.05. The molecule has 1 heterocycles. The Morgan fingerprint density at radius 1 is 1.50 bits per heavy atom. The van der Waals surface area contributed by atoms with Gasteiger partial charge in [-0.15, -0.1) is 0 Å². The maximum Gasteiger partial charge on any atom is 0.251 e. The molecule has 3 N–H and O–H groups in total. The van der Waals surface area contributed by atoms with E-state index in [1.165, 1.54) is 12.8 Å². The Kier molecular flexibility index (Phi) is 3.75. The van der Waals surface area contributed by atoms with E-state index in [-0.39, 0.29) is 5.91 Å². The van der Waals surface area contributed by atoms with Crippen molar-refractivity contribution in [3.63, 3.8) is 0 Å². The number of piperidine rings is 1. The molecule has 1 fully saturated rings. The SMILES string of the molecule is CNC(=O)c1ccc(N2CCCC(C)C2)c(N)c1. The van der Waals surface area contributed by atoms with E-state index in [1.54, 1.807) is 13.1 Å². The molecule has 1 atom stereocenters. The van der Waals surface area contributed by atoms with Crippen molar-refractivity contribution in [3.8, 4) is 0 Å². The summed E-state index contributed by atoms with van der Waals surface area (Å²) in [5.41, 5.74) is 8.42. The van der Waals surface area contributed by atoms with E-state index in [4.69, 9.17) is 5.73 Å². The normalized spacial score (nSPS) is 19.7. The van der Waals surface area contributed by atoms with Gasteiger partial charge in [-0.25, -0.2) is 0 Å². The number of carbonyl (C=O) groups excluding carboxylic acids is 1. The van der Waals surface area contributed by atoms with Gasteiger partial charge in [0.2, 0.25) is 0 Å². The Hall–Kier alpha value is -1.71. The van der Waals surface area contributed by atoms with Gasteiger partial charge in [0.25, 0.3) is 5.91 Å². The van der Waals surface area contributed by atoms with Crippen LogP contribution < -0.4 is 16.0 Å². The van der Waals surface area contributed by atoms with Crippen LogP contribution in [0.15, 0.2) is 18.2 Å². The van der Waals surface area contributed by atoms with Crippen molar-refractivity contribution in [1.82, 2.24) is 5.32 Å². The molecule has 18 heavy (non-hydrogen) atoms. The summed E-state index contributed by atoms with van der Waals surface area (Å²) in [5, 5.41) is 2.61. The highest BCUT2D eigenvalue weighted by atomic mass is 16.1. The summed E-state index contributed by atoms with van der Waals surface area (Å²) in [7, 11) is 1.62. The van der Waals surface area contributed by atoms with Gasteiger partial charge < -0.3 is 16.0 Å². The van der Waals surface area contributed by atoms with Crippen molar-refractivity contribution in [2.75, 3.05) is 30.8 Å². The first kappa shape index (κ1) is 12.7. The maximum absolute atomic E-state index is 11.5. The van der Waals surface area contributed by atoms with Gasteiger partial charge in [-0.05, 0) is 37.0 Å². The molecule has 1 aromatic carbocycles. The first-order valence-corrected chi connectivity index (χ1v) is 6.48. The van der Waals surface area contributed by atoms with Gasteiger partial charge in [-0.1, -0.05) is 6.92 Å². The molecule has 4 nitrogen and oxygen atoms in total. The van der Waals surface area contributed by atoms with Gasteiger partial charge in [0.05, 0.1) is 11.4 Å². The van der Waals surface area contributed by atoms with Crippen LogP contribution in [-0.2, 0) is 0 Å². The van der Waals surface area contributed by atoms with Gasteiger partial charge in [-0.2, -0.15) is 0 Å². The third kappa shape index (κ3) is 2.58. The molecule has 0 radical (unpaired) electrons. The lowest BCUT2D eigenvalue weighted by molar-refractivity contribution is 0.0963. The molecule has 1 saturated heterocycles. The summed E-state index contributed by atoms with van der Waals surface area (Å²) in [6, 6.07) is 5.55. The Bertz CT molecular complexity index is 445. The van der Waals surface area contributed by atoms with Gasteiger partial charge in [0, 0.05) is 25.7 Å². The van der Waals surface area contributed by atoms with Crippen molar-refractivity contribution in [1.29, 1.82) is 0 Å². The minimum Gasteiger partial charge on any atom is -0.397 e. The number of nitrogens with one attached hydrogen (secondary N) is 1. The van der Waals surface area contributed by atoms with Crippen LogP contribution in [0.3, 0.4) is 0 Å². The van der Waals surface area contributed by atoms with E-state index in [9.17, 15) is 4.79 Å². The minimum absolute atomic E-state index is 0.0970. The van der Waals surface area contributed by atoms with Crippen LogP contribution >= 0.6 is 0 Å². The predicted molar refractivity (Wildman–Crippen MR) is 74.9 cm³/mol. The number of carbonyl (C=O) groups is 1. The van der Waals surface area contributed by atoms with Crippen LogP contribution in [0.1, 0.15) is 30.1 Å². The molecule has 1 aliphatic heterocycles. The van der Waals surface area contributed by atoms with Crippen molar-refractivity contribution in [2.24, 2.45) is 5.92 Å². The summed E-state index contributed by atoms with van der Waals surface area (Å²) < 4.78 is 0. The molecular weight excluding hydrogens is 226 g/mol. The first-order chi connectivity index (χ1) is 8.61. The number of hydrogen-bond donors (Lipinski definition) is 2. The fraction of sp³-hybridized carbons (Fsp3) is 0.500. The average Bonchev–Trinajstić information content (AvgIpc) is 2.37. The number of anilines is 2. The van der Waals surface area contributed by atoms with Crippen molar-refractivity contribution in [2.45, 2.75) is 19.8 Å². The standard InChI is InChI=1S/C14H21N3O/c1-10-4-3-7-17(9-10)13-6-5-11(8-12(13)15)14(18)16-2/h5-6,8,10H,3-4,7,9,15H2,1-2H3,(H,16,18). The fourth-order valence-electron chi connectivity index (χ4n) is 2.54. The van der Waals surface area contributed by atoms with Crippen LogP contribution in [0.25, 0.3) is 0 Å². The highest BCUT2D eigenvalue weighted by Crippen LogP contribution is 2.28. The second kappa shape index (κ2) is 5.29. The second-order valence-electron chi connectivity index (χ2n) is 5.05. The third-order valence-corrected chi connectivity index (χ3v) is 3.51. The molecule has 98 valence electrons. The zero-order valence-electron chi connectivity index (χ0n) is 11.1. The zero-order chi connectivity index (χ0) is 13.1. The van der Waals surface area contributed by atoms with Crippen LogP contribution in [0, 0.1) is 5.92 Å². The van der Waals surface area contributed by atoms with Crippen molar-refractivity contribution in [3.05, 3.63) is 23.8 Å². The number of hydrogen-bond acceptors (Lipinski definition) is 3.